The summed E-state index contributed by atoms with van der Waals surface area (Å²) >= 11 is 1.08. The number of likely N-dealkylation sites (tertiary alicyclic amines) is 1. The van der Waals surface area contributed by atoms with Gasteiger partial charge in [0.05, 0.1) is 11.8 Å². The van der Waals surface area contributed by atoms with Gasteiger partial charge in [-0.05, 0) is 61.7 Å². The summed E-state index contributed by atoms with van der Waals surface area (Å²) in [7, 11) is 0. The first-order valence-corrected chi connectivity index (χ1v) is 10.3. The van der Waals surface area contributed by atoms with Crippen molar-refractivity contribution < 1.29 is 14.4 Å². The summed E-state index contributed by atoms with van der Waals surface area (Å²) in [5, 5.41) is -0.141. The van der Waals surface area contributed by atoms with Gasteiger partial charge in [0.2, 0.25) is 11.8 Å². The van der Waals surface area contributed by atoms with E-state index in [0.29, 0.717) is 19.5 Å². The number of carbonyl (C=O) groups is 3. The maximum Gasteiger partial charge on any atom is 0.289 e. The predicted molar refractivity (Wildman–Crippen MR) is 90.3 cm³/mol. The summed E-state index contributed by atoms with van der Waals surface area (Å²) in [4.78, 5) is 39.5. The van der Waals surface area contributed by atoms with Gasteiger partial charge in [-0.3, -0.25) is 19.3 Å². The van der Waals surface area contributed by atoms with E-state index in [1.807, 2.05) is 4.90 Å². The molecule has 2 aliphatic heterocycles. The predicted octanol–water partition coefficient (Wildman–Crippen LogP) is 2.50. The van der Waals surface area contributed by atoms with Crippen molar-refractivity contribution >= 4 is 28.8 Å². The first-order valence-electron chi connectivity index (χ1n) is 9.28. The third kappa shape index (κ3) is 2.32. The Bertz CT molecular complexity index is 562. The summed E-state index contributed by atoms with van der Waals surface area (Å²) in [6.07, 6.45) is 8.65. The number of hydrogen-bond donors (Lipinski definition) is 0. The van der Waals surface area contributed by atoms with Crippen molar-refractivity contribution in [2.45, 2.75) is 51.0 Å². The Morgan fingerprint density at radius 2 is 1.62 bits per heavy atom. The average Bonchev–Trinajstić information content (AvgIpc) is 2.76. The van der Waals surface area contributed by atoms with E-state index in [4.69, 9.17) is 0 Å². The summed E-state index contributed by atoms with van der Waals surface area (Å²) in [6.45, 7) is 1.09. The van der Waals surface area contributed by atoms with Crippen molar-refractivity contribution in [2.24, 2.45) is 23.2 Å². The van der Waals surface area contributed by atoms with Gasteiger partial charge in [-0.15, -0.1) is 0 Å². The zero-order chi connectivity index (χ0) is 16.5. The highest BCUT2D eigenvalue weighted by Gasteiger charge is 2.52. The molecule has 0 spiro atoms. The van der Waals surface area contributed by atoms with Crippen molar-refractivity contribution in [1.82, 2.24) is 9.80 Å². The monoisotopic (exact) mass is 348 g/mol. The Morgan fingerprint density at radius 3 is 2.12 bits per heavy atom. The van der Waals surface area contributed by atoms with Crippen molar-refractivity contribution in [2.75, 3.05) is 18.8 Å². The molecule has 0 radical (unpaired) electrons. The van der Waals surface area contributed by atoms with Crippen LogP contribution in [-0.4, -0.2) is 51.7 Å². The molecule has 0 N–H and O–H groups in total. The van der Waals surface area contributed by atoms with Crippen LogP contribution < -0.4 is 0 Å². The molecule has 0 unspecified atom stereocenters. The van der Waals surface area contributed by atoms with Crippen molar-refractivity contribution in [3.05, 3.63) is 0 Å². The lowest BCUT2D eigenvalue weighted by molar-refractivity contribution is -0.148. The molecule has 6 aliphatic rings. The summed E-state index contributed by atoms with van der Waals surface area (Å²) < 4.78 is 0. The third-order valence-corrected chi connectivity index (χ3v) is 7.89. The molecule has 5 nitrogen and oxygen atoms in total. The largest absolute Gasteiger partial charge is 0.338 e. The average molecular weight is 348 g/mol. The van der Waals surface area contributed by atoms with Crippen LogP contribution in [0.15, 0.2) is 0 Å². The molecule has 0 atom stereocenters. The second-order valence-electron chi connectivity index (χ2n) is 8.87. The van der Waals surface area contributed by atoms with Gasteiger partial charge >= 0.3 is 0 Å². The molecule has 6 fully saturated rings. The number of rotatable bonds is 3. The number of carbonyl (C=O) groups excluding carboxylic acids is 3. The highest BCUT2D eigenvalue weighted by Crippen LogP contribution is 2.61. The molecule has 4 bridgehead atoms. The lowest BCUT2D eigenvalue weighted by atomic mass is 9.49. The standard InChI is InChI=1S/C18H24N2O3S/c21-15(19-8-14(9-19)20-16(22)10-24-17(20)23)7-18-4-11-1-12(5-18)3-13(2-11)6-18/h11-14H,1-10H2. The van der Waals surface area contributed by atoms with Crippen LogP contribution in [0.2, 0.25) is 0 Å². The normalized spacial score (nSPS) is 41.2. The Labute approximate surface area is 146 Å². The van der Waals surface area contributed by atoms with Gasteiger partial charge in [-0.25, -0.2) is 0 Å². The maximum atomic E-state index is 12.8. The minimum atomic E-state index is -0.141. The van der Waals surface area contributed by atoms with Gasteiger partial charge in [0, 0.05) is 19.5 Å². The Balaban J connectivity index is 1.20. The zero-order valence-corrected chi connectivity index (χ0v) is 14.7. The molecule has 4 aliphatic carbocycles. The number of amides is 3. The topological polar surface area (TPSA) is 57.7 Å². The van der Waals surface area contributed by atoms with E-state index in [9.17, 15) is 14.4 Å². The summed E-state index contributed by atoms with van der Waals surface area (Å²) in [5.41, 5.74) is 0.270. The van der Waals surface area contributed by atoms with Crippen LogP contribution in [0, 0.1) is 23.2 Å². The summed E-state index contributed by atoms with van der Waals surface area (Å²) in [5.74, 6) is 3.01. The SMILES string of the molecule is O=C(CC12CC3CC(CC(C3)C1)C2)N1CC(N2C(=O)CSC2=O)C1. The van der Waals surface area contributed by atoms with Crippen molar-refractivity contribution in [3.63, 3.8) is 0 Å². The molecule has 6 heteroatoms. The van der Waals surface area contributed by atoms with Gasteiger partial charge in [0.1, 0.15) is 0 Å². The van der Waals surface area contributed by atoms with E-state index < -0.39 is 0 Å². The molecule has 4 saturated carbocycles. The van der Waals surface area contributed by atoms with Crippen LogP contribution >= 0.6 is 11.8 Å². The van der Waals surface area contributed by atoms with Crippen LogP contribution in [0.1, 0.15) is 44.9 Å². The van der Waals surface area contributed by atoms with E-state index in [1.54, 1.807) is 0 Å². The Morgan fingerprint density at radius 1 is 1.04 bits per heavy atom. The van der Waals surface area contributed by atoms with Gasteiger partial charge in [-0.1, -0.05) is 11.8 Å². The number of imide groups is 1. The van der Waals surface area contributed by atoms with Crippen LogP contribution in [0.5, 0.6) is 0 Å². The van der Waals surface area contributed by atoms with Gasteiger partial charge in [-0.2, -0.15) is 0 Å². The highest BCUT2D eigenvalue weighted by atomic mass is 32.2. The number of nitrogens with zero attached hydrogens (tertiary/aromatic N) is 2. The zero-order valence-electron chi connectivity index (χ0n) is 13.9. The van der Waals surface area contributed by atoms with Crippen molar-refractivity contribution in [3.8, 4) is 0 Å². The quantitative estimate of drug-likeness (QED) is 0.786. The molecule has 6 rings (SSSR count). The van der Waals surface area contributed by atoms with E-state index in [0.717, 1.165) is 29.5 Å². The molecule has 0 aromatic heterocycles. The Kier molecular flexibility index (Phi) is 3.32. The van der Waals surface area contributed by atoms with Gasteiger partial charge in [0.15, 0.2) is 0 Å². The van der Waals surface area contributed by atoms with E-state index in [-0.39, 0.29) is 34.3 Å². The first kappa shape index (κ1) is 15.2. The van der Waals surface area contributed by atoms with Crippen LogP contribution in [0.25, 0.3) is 0 Å². The van der Waals surface area contributed by atoms with E-state index in [2.05, 4.69) is 0 Å². The highest BCUT2D eigenvalue weighted by molar-refractivity contribution is 8.14. The molecule has 0 aromatic rings. The molecule has 130 valence electrons. The van der Waals surface area contributed by atoms with E-state index in [1.165, 1.54) is 43.4 Å². The van der Waals surface area contributed by atoms with Crippen molar-refractivity contribution in [1.29, 1.82) is 0 Å². The second-order valence-corrected chi connectivity index (χ2v) is 9.79. The number of hydrogen-bond acceptors (Lipinski definition) is 4. The van der Waals surface area contributed by atoms with Crippen LogP contribution in [0.3, 0.4) is 0 Å². The van der Waals surface area contributed by atoms with Crippen LogP contribution in [0.4, 0.5) is 4.79 Å². The summed E-state index contributed by atoms with van der Waals surface area (Å²) in [6, 6.07) is -0.0830. The fourth-order valence-electron chi connectivity index (χ4n) is 6.48. The fraction of sp³-hybridized carbons (Fsp3) is 0.833. The molecule has 3 amide bonds. The number of thioether (sulfide) groups is 1. The molecular weight excluding hydrogens is 324 g/mol. The molecule has 2 saturated heterocycles. The minimum Gasteiger partial charge on any atom is -0.338 e. The van der Waals surface area contributed by atoms with Gasteiger partial charge in [0.25, 0.3) is 5.24 Å². The second kappa shape index (κ2) is 5.23. The first-order chi connectivity index (χ1) is 11.5. The smallest absolute Gasteiger partial charge is 0.289 e. The molecule has 0 aromatic carbocycles. The van der Waals surface area contributed by atoms with E-state index >= 15 is 0 Å². The fourth-order valence-corrected chi connectivity index (χ4v) is 7.25. The molecule has 2 heterocycles. The maximum absolute atomic E-state index is 12.8. The lowest BCUT2D eigenvalue weighted by Gasteiger charge is -2.57. The van der Waals surface area contributed by atoms with Crippen LogP contribution in [-0.2, 0) is 9.59 Å². The minimum absolute atomic E-state index is 0.0830. The van der Waals surface area contributed by atoms with Gasteiger partial charge < -0.3 is 4.90 Å². The lowest BCUT2D eigenvalue weighted by Crippen LogP contribution is -2.62. The third-order valence-electron chi connectivity index (χ3n) is 7.06. The molecule has 24 heavy (non-hydrogen) atoms. The molecular formula is C18H24N2O3S. The Hall–Kier alpha value is -1.04.